The summed E-state index contributed by atoms with van der Waals surface area (Å²) in [6, 6.07) is 11.3. The number of hydrogen-bond donors (Lipinski definition) is 2. The van der Waals surface area contributed by atoms with Gasteiger partial charge in [-0.05, 0) is 54.2 Å². The number of phenols is 1. The molecule has 0 spiro atoms. The van der Waals surface area contributed by atoms with Crippen LogP contribution in [0.4, 0.5) is 5.69 Å². The molecule has 1 atom stereocenters. The quantitative estimate of drug-likeness (QED) is 0.232. The zero-order valence-corrected chi connectivity index (χ0v) is 21.2. The normalized spacial score (nSPS) is 12.7. The highest BCUT2D eigenvalue weighted by molar-refractivity contribution is 6.33. The number of unbranched alkanes of at least 4 members (excludes halogenated alkanes) is 8. The lowest BCUT2D eigenvalue weighted by molar-refractivity contribution is 0.189. The van der Waals surface area contributed by atoms with Crippen molar-refractivity contribution in [1.82, 2.24) is 0 Å². The van der Waals surface area contributed by atoms with Crippen LogP contribution in [0.2, 0.25) is 5.02 Å². The van der Waals surface area contributed by atoms with Gasteiger partial charge in [0, 0.05) is 5.56 Å². The fraction of sp³-hybridized carbons (Fsp3) is 0.571. The van der Waals surface area contributed by atoms with Gasteiger partial charge in [0.15, 0.2) is 0 Å². The maximum absolute atomic E-state index is 10.3. The predicted octanol–water partition coefficient (Wildman–Crippen LogP) is 8.97. The predicted molar refractivity (Wildman–Crippen MR) is 138 cm³/mol. The van der Waals surface area contributed by atoms with Gasteiger partial charge >= 0.3 is 0 Å². The molecule has 1 unspecified atom stereocenters. The number of halogens is 1. The molecule has 0 aromatic heterocycles. The number of anilines is 1. The van der Waals surface area contributed by atoms with Crippen LogP contribution in [0.25, 0.3) is 0 Å². The van der Waals surface area contributed by atoms with E-state index in [4.69, 9.17) is 22.1 Å². The van der Waals surface area contributed by atoms with Crippen LogP contribution >= 0.6 is 11.6 Å². The number of nitrogen functional groups attached to an aromatic ring is 1. The first kappa shape index (κ1) is 26.4. The van der Waals surface area contributed by atoms with Crippen molar-refractivity contribution < 1.29 is 9.84 Å². The van der Waals surface area contributed by atoms with Crippen molar-refractivity contribution in [3.63, 3.8) is 0 Å². The average molecular weight is 460 g/mol. The Morgan fingerprint density at radius 1 is 0.906 bits per heavy atom. The Bertz CT molecular complexity index is 829. The van der Waals surface area contributed by atoms with E-state index >= 15 is 0 Å². The summed E-state index contributed by atoms with van der Waals surface area (Å²) in [5.41, 5.74) is 8.41. The molecule has 3 nitrogen and oxygen atoms in total. The van der Waals surface area contributed by atoms with Gasteiger partial charge in [-0.1, -0.05) is 96.7 Å². The smallest absolute Gasteiger partial charge is 0.124 e. The van der Waals surface area contributed by atoms with Crippen molar-refractivity contribution in [3.05, 3.63) is 52.5 Å². The Kier molecular flexibility index (Phi) is 10.7. The van der Waals surface area contributed by atoms with E-state index in [0.29, 0.717) is 16.5 Å². The first-order valence-electron chi connectivity index (χ1n) is 12.3. The van der Waals surface area contributed by atoms with Crippen LogP contribution in [0.3, 0.4) is 0 Å². The van der Waals surface area contributed by atoms with E-state index in [9.17, 15) is 5.11 Å². The minimum atomic E-state index is -0.166. The summed E-state index contributed by atoms with van der Waals surface area (Å²) < 4.78 is 6.45. The van der Waals surface area contributed by atoms with E-state index in [2.05, 4.69) is 27.7 Å². The number of rotatable bonds is 13. The molecule has 0 aliphatic rings. The van der Waals surface area contributed by atoms with Crippen molar-refractivity contribution in [2.24, 2.45) is 0 Å². The molecule has 0 fully saturated rings. The SMILES string of the molecule is CCCCCCCCCCCC(Oc1ccc(O)c(C(C)(C)C)c1)c1ccc(Cl)c(N)c1. The molecule has 2 rings (SSSR count). The fourth-order valence-electron chi connectivity index (χ4n) is 4.05. The lowest BCUT2D eigenvalue weighted by Crippen LogP contribution is -2.13. The largest absolute Gasteiger partial charge is 0.508 e. The van der Waals surface area contributed by atoms with Crippen LogP contribution in [0.15, 0.2) is 36.4 Å². The zero-order valence-electron chi connectivity index (χ0n) is 20.4. The number of benzene rings is 2. The van der Waals surface area contributed by atoms with Gasteiger partial charge in [0.05, 0.1) is 10.7 Å². The number of aromatic hydroxyl groups is 1. The maximum Gasteiger partial charge on any atom is 0.124 e. The molecule has 3 N–H and O–H groups in total. The summed E-state index contributed by atoms with van der Waals surface area (Å²) >= 11 is 6.15. The summed E-state index contributed by atoms with van der Waals surface area (Å²) in [4.78, 5) is 0. The van der Waals surface area contributed by atoms with Crippen LogP contribution in [-0.2, 0) is 5.41 Å². The minimum Gasteiger partial charge on any atom is -0.508 e. The molecule has 178 valence electrons. The van der Waals surface area contributed by atoms with Crippen molar-refractivity contribution >= 4 is 17.3 Å². The zero-order chi connectivity index (χ0) is 23.6. The monoisotopic (exact) mass is 459 g/mol. The third kappa shape index (κ3) is 8.58. The molecular formula is C28H42ClNO2. The second-order valence-corrected chi connectivity index (χ2v) is 10.3. The van der Waals surface area contributed by atoms with Gasteiger partial charge in [0.25, 0.3) is 0 Å². The molecule has 0 radical (unpaired) electrons. The van der Waals surface area contributed by atoms with Gasteiger partial charge in [-0.3, -0.25) is 0 Å². The van der Waals surface area contributed by atoms with Crippen LogP contribution in [0.5, 0.6) is 11.5 Å². The highest BCUT2D eigenvalue weighted by Crippen LogP contribution is 2.36. The Hall–Kier alpha value is -1.87. The Morgan fingerprint density at radius 2 is 1.53 bits per heavy atom. The molecule has 0 aliphatic heterocycles. The van der Waals surface area contributed by atoms with Crippen molar-refractivity contribution in [2.75, 3.05) is 5.73 Å². The van der Waals surface area contributed by atoms with Crippen LogP contribution in [0.1, 0.15) is 109 Å². The maximum atomic E-state index is 10.3. The standard InChI is InChI=1S/C28H42ClNO2/c1-5-6-7-8-9-10-11-12-13-14-27(21-15-17-24(29)25(30)19-21)32-22-16-18-26(31)23(20-22)28(2,3)4/h15-20,27,31H,5-14,30H2,1-4H3. The Labute approximate surface area is 200 Å². The molecule has 32 heavy (non-hydrogen) atoms. The molecule has 0 saturated heterocycles. The summed E-state index contributed by atoms with van der Waals surface area (Å²) in [7, 11) is 0. The third-order valence-corrected chi connectivity index (χ3v) is 6.36. The minimum absolute atomic E-state index is 0.100. The molecule has 2 aromatic carbocycles. The number of nitrogens with two attached hydrogens (primary N) is 1. The molecule has 4 heteroatoms. The van der Waals surface area contributed by atoms with Crippen molar-refractivity contribution in [3.8, 4) is 11.5 Å². The van der Waals surface area contributed by atoms with Crippen LogP contribution in [0, 0.1) is 0 Å². The van der Waals surface area contributed by atoms with E-state index in [1.165, 1.54) is 51.4 Å². The Balaban J connectivity index is 2.02. The van der Waals surface area contributed by atoms with Gasteiger partial charge < -0.3 is 15.6 Å². The Morgan fingerprint density at radius 3 is 2.12 bits per heavy atom. The van der Waals surface area contributed by atoms with Crippen molar-refractivity contribution in [1.29, 1.82) is 0 Å². The number of phenolic OH excluding ortho intramolecular Hbond substituents is 1. The highest BCUT2D eigenvalue weighted by atomic mass is 35.5. The molecule has 0 heterocycles. The topological polar surface area (TPSA) is 55.5 Å². The average Bonchev–Trinajstić information content (AvgIpc) is 2.74. The van der Waals surface area contributed by atoms with Gasteiger partial charge in [-0.2, -0.15) is 0 Å². The first-order valence-corrected chi connectivity index (χ1v) is 12.6. The molecular weight excluding hydrogens is 418 g/mol. The lowest BCUT2D eigenvalue weighted by Gasteiger charge is -2.24. The van der Waals surface area contributed by atoms with Crippen LogP contribution < -0.4 is 10.5 Å². The van der Waals surface area contributed by atoms with Gasteiger partial charge in [-0.15, -0.1) is 0 Å². The van der Waals surface area contributed by atoms with Crippen LogP contribution in [-0.4, -0.2) is 5.11 Å². The molecule has 2 aromatic rings. The van der Waals surface area contributed by atoms with Gasteiger partial charge in [0.1, 0.15) is 17.6 Å². The van der Waals surface area contributed by atoms with E-state index in [1.807, 2.05) is 30.3 Å². The van der Waals surface area contributed by atoms with E-state index < -0.39 is 0 Å². The third-order valence-electron chi connectivity index (χ3n) is 6.02. The summed E-state index contributed by atoms with van der Waals surface area (Å²) in [6.07, 6.45) is 12.5. The molecule has 0 amide bonds. The number of hydrogen-bond acceptors (Lipinski definition) is 3. The highest BCUT2D eigenvalue weighted by Gasteiger charge is 2.21. The fourth-order valence-corrected chi connectivity index (χ4v) is 4.17. The molecule has 0 aliphatic carbocycles. The lowest BCUT2D eigenvalue weighted by atomic mass is 9.86. The van der Waals surface area contributed by atoms with E-state index in [1.54, 1.807) is 6.07 Å². The van der Waals surface area contributed by atoms with E-state index in [-0.39, 0.29) is 11.5 Å². The second-order valence-electron chi connectivity index (χ2n) is 9.93. The first-order chi connectivity index (χ1) is 15.2. The summed E-state index contributed by atoms with van der Waals surface area (Å²) in [5.74, 6) is 1.07. The van der Waals surface area contributed by atoms with Crippen molar-refractivity contribution in [2.45, 2.75) is 103 Å². The van der Waals surface area contributed by atoms with Gasteiger partial charge in [0.2, 0.25) is 0 Å². The molecule has 0 bridgehead atoms. The molecule has 0 saturated carbocycles. The van der Waals surface area contributed by atoms with E-state index in [0.717, 1.165) is 29.7 Å². The second kappa shape index (κ2) is 13.0. The van der Waals surface area contributed by atoms with Gasteiger partial charge in [-0.25, -0.2) is 0 Å². The summed E-state index contributed by atoms with van der Waals surface area (Å²) in [6.45, 7) is 8.53. The summed E-state index contributed by atoms with van der Waals surface area (Å²) in [5, 5.41) is 10.9. The number of ether oxygens (including phenoxy) is 1.